The summed E-state index contributed by atoms with van der Waals surface area (Å²) in [6, 6.07) is 8.16. The molecule has 4 aromatic rings. The van der Waals surface area contributed by atoms with Crippen LogP contribution in [-0.2, 0) is 12.5 Å². The zero-order chi connectivity index (χ0) is 21.3. The molecule has 8 nitrogen and oxygen atoms in total. The topological polar surface area (TPSA) is 101 Å². The van der Waals surface area contributed by atoms with Crippen molar-refractivity contribution < 1.29 is 0 Å². The molecule has 0 spiro atoms. The summed E-state index contributed by atoms with van der Waals surface area (Å²) in [5.74, 6) is 1.95. The number of benzene rings is 1. The van der Waals surface area contributed by atoms with Crippen LogP contribution in [0.4, 0.5) is 0 Å². The number of imidazole rings is 1. The fourth-order valence-corrected chi connectivity index (χ4v) is 5.39. The summed E-state index contributed by atoms with van der Waals surface area (Å²) >= 11 is 0. The molecule has 3 aromatic heterocycles. The van der Waals surface area contributed by atoms with E-state index in [9.17, 15) is 9.59 Å². The van der Waals surface area contributed by atoms with Crippen LogP contribution in [0.15, 0.2) is 46.4 Å². The molecule has 2 N–H and O–H groups in total. The maximum atomic E-state index is 13.3. The Morgan fingerprint density at radius 2 is 1.90 bits per heavy atom. The lowest BCUT2D eigenvalue weighted by molar-refractivity contribution is 0.185. The van der Waals surface area contributed by atoms with Crippen LogP contribution >= 0.6 is 0 Å². The Labute approximate surface area is 178 Å². The first-order chi connectivity index (χ1) is 15.0. The van der Waals surface area contributed by atoms with Gasteiger partial charge < -0.3 is 14.5 Å². The van der Waals surface area contributed by atoms with Crippen molar-refractivity contribution in [3.8, 4) is 5.69 Å². The number of rotatable bonds is 4. The van der Waals surface area contributed by atoms with Crippen LogP contribution in [0.1, 0.15) is 55.5 Å². The molecule has 8 heteroatoms. The third-order valence-electron chi connectivity index (χ3n) is 6.94. The molecule has 2 aliphatic carbocycles. The molecule has 0 unspecified atom stereocenters. The van der Waals surface area contributed by atoms with Crippen molar-refractivity contribution in [1.29, 1.82) is 0 Å². The van der Waals surface area contributed by atoms with Crippen LogP contribution < -0.4 is 11.2 Å². The van der Waals surface area contributed by atoms with Crippen molar-refractivity contribution in [1.82, 2.24) is 29.3 Å². The minimum absolute atomic E-state index is 0.198. The Morgan fingerprint density at radius 1 is 1.13 bits per heavy atom. The molecular weight excluding hydrogens is 392 g/mol. The molecule has 31 heavy (non-hydrogen) atoms. The molecule has 0 amide bonds. The van der Waals surface area contributed by atoms with E-state index in [0.29, 0.717) is 22.9 Å². The highest BCUT2D eigenvalue weighted by atomic mass is 16.1. The zero-order valence-corrected chi connectivity index (χ0v) is 17.6. The first-order valence-electron chi connectivity index (χ1n) is 10.8. The summed E-state index contributed by atoms with van der Waals surface area (Å²) in [5.41, 5.74) is 3.20. The van der Waals surface area contributed by atoms with Crippen LogP contribution in [0, 0.1) is 5.92 Å². The molecule has 3 heterocycles. The molecule has 0 aliphatic heterocycles. The lowest BCUT2D eigenvalue weighted by atomic mass is 9.58. The average Bonchev–Trinajstić information content (AvgIpc) is 3.36. The first kappa shape index (κ1) is 18.4. The van der Waals surface area contributed by atoms with Gasteiger partial charge in [-0.25, -0.2) is 4.79 Å². The van der Waals surface area contributed by atoms with Gasteiger partial charge in [-0.2, -0.15) is 0 Å². The van der Waals surface area contributed by atoms with E-state index in [1.165, 1.54) is 0 Å². The largest absolute Gasteiger partial charge is 0.323 e. The number of aromatic nitrogens is 6. The van der Waals surface area contributed by atoms with Crippen LogP contribution in [0.2, 0.25) is 0 Å². The van der Waals surface area contributed by atoms with Crippen LogP contribution in [0.5, 0.6) is 0 Å². The fraction of sp³-hybridized carbons (Fsp3) is 0.391. The molecule has 0 radical (unpaired) electrons. The molecule has 158 valence electrons. The van der Waals surface area contributed by atoms with E-state index in [2.05, 4.69) is 39.2 Å². The van der Waals surface area contributed by atoms with E-state index in [1.54, 1.807) is 10.9 Å². The van der Waals surface area contributed by atoms with E-state index < -0.39 is 0 Å². The van der Waals surface area contributed by atoms with Gasteiger partial charge in [0.25, 0.3) is 5.56 Å². The van der Waals surface area contributed by atoms with Crippen molar-refractivity contribution in [3.05, 3.63) is 74.6 Å². The molecule has 0 atom stereocenters. The standard InChI is InChI=1S/C23H24N6O2/c1-13-9-23(10-13,21-27-24-12-28(21)2)15-4-3-5-16(8-15)29-11-17(14-6-7-14)18-19(20(29)30)26-22(31)25-18/h3-5,8,11-14H,6-7,9-10H2,1-2H3,(H2,25,26,31). The maximum Gasteiger partial charge on any atom is 0.323 e. The second-order valence-corrected chi connectivity index (χ2v) is 9.27. The SMILES string of the molecule is CC1CC(c2cccc(-n3cc(C4CC4)c4[nH]c(=O)[nH]c4c3=O)c2)(c2nncn2C)C1. The number of fused-ring (bicyclic) bond motifs is 1. The number of nitrogens with zero attached hydrogens (tertiary/aromatic N) is 4. The predicted molar refractivity (Wildman–Crippen MR) is 117 cm³/mol. The lowest BCUT2D eigenvalue weighted by Gasteiger charge is -2.46. The number of hydrogen-bond donors (Lipinski definition) is 2. The number of H-pyrrole nitrogens is 2. The molecule has 0 bridgehead atoms. The summed E-state index contributed by atoms with van der Waals surface area (Å²) in [7, 11) is 1.98. The summed E-state index contributed by atoms with van der Waals surface area (Å²) in [5, 5.41) is 8.54. The average molecular weight is 416 g/mol. The normalized spacial score (nSPS) is 23.2. The second-order valence-electron chi connectivity index (χ2n) is 9.27. The molecule has 2 aliphatic rings. The van der Waals surface area contributed by atoms with Gasteiger partial charge in [-0.3, -0.25) is 9.36 Å². The lowest BCUT2D eigenvalue weighted by Crippen LogP contribution is -2.43. The molecular formula is C23H24N6O2. The highest BCUT2D eigenvalue weighted by Gasteiger charge is 2.48. The number of pyridine rings is 1. The zero-order valence-electron chi connectivity index (χ0n) is 17.6. The minimum atomic E-state index is -0.342. The second kappa shape index (κ2) is 6.29. The maximum absolute atomic E-state index is 13.3. The number of aromatic amines is 2. The van der Waals surface area contributed by atoms with Crippen LogP contribution in [-0.4, -0.2) is 29.3 Å². The highest BCUT2D eigenvalue weighted by Crippen LogP contribution is 2.51. The smallest absolute Gasteiger partial charge is 0.320 e. The number of aryl methyl sites for hydroxylation is 1. The third-order valence-corrected chi connectivity index (χ3v) is 6.94. The van der Waals surface area contributed by atoms with Gasteiger partial charge in [0.2, 0.25) is 0 Å². The van der Waals surface area contributed by atoms with E-state index in [0.717, 1.165) is 48.3 Å². The van der Waals surface area contributed by atoms with Crippen molar-refractivity contribution in [2.24, 2.45) is 13.0 Å². The third kappa shape index (κ3) is 2.67. The first-order valence-corrected chi connectivity index (χ1v) is 10.8. The molecule has 2 saturated carbocycles. The van der Waals surface area contributed by atoms with Crippen molar-refractivity contribution >= 4 is 11.0 Å². The van der Waals surface area contributed by atoms with Crippen molar-refractivity contribution in [2.45, 2.75) is 43.9 Å². The van der Waals surface area contributed by atoms with Gasteiger partial charge in [0.05, 0.1) is 10.9 Å². The monoisotopic (exact) mass is 416 g/mol. The Balaban J connectivity index is 1.54. The molecule has 6 rings (SSSR count). The van der Waals surface area contributed by atoms with E-state index in [-0.39, 0.29) is 16.7 Å². The van der Waals surface area contributed by atoms with Gasteiger partial charge >= 0.3 is 5.69 Å². The van der Waals surface area contributed by atoms with Crippen LogP contribution in [0.3, 0.4) is 0 Å². The van der Waals surface area contributed by atoms with Gasteiger partial charge in [0.15, 0.2) is 0 Å². The van der Waals surface area contributed by atoms with Crippen LogP contribution in [0.25, 0.3) is 16.7 Å². The number of nitrogens with one attached hydrogen (secondary N) is 2. The summed E-state index contributed by atoms with van der Waals surface area (Å²) < 4.78 is 3.67. The summed E-state index contributed by atoms with van der Waals surface area (Å²) in [6.45, 7) is 2.25. The molecule has 2 fully saturated rings. The molecule has 1 aromatic carbocycles. The summed E-state index contributed by atoms with van der Waals surface area (Å²) in [4.78, 5) is 30.7. The Hall–Kier alpha value is -3.42. The number of hydrogen-bond acceptors (Lipinski definition) is 4. The van der Waals surface area contributed by atoms with E-state index in [4.69, 9.17) is 0 Å². The van der Waals surface area contributed by atoms with Gasteiger partial charge in [0, 0.05) is 18.9 Å². The minimum Gasteiger partial charge on any atom is -0.320 e. The Morgan fingerprint density at radius 3 is 2.58 bits per heavy atom. The fourth-order valence-electron chi connectivity index (χ4n) is 5.39. The Bertz CT molecular complexity index is 1430. The van der Waals surface area contributed by atoms with E-state index >= 15 is 0 Å². The van der Waals surface area contributed by atoms with Gasteiger partial charge in [-0.1, -0.05) is 19.1 Å². The Kier molecular flexibility index (Phi) is 3.73. The van der Waals surface area contributed by atoms with Gasteiger partial charge in [0.1, 0.15) is 17.7 Å². The quantitative estimate of drug-likeness (QED) is 0.534. The van der Waals surface area contributed by atoms with Gasteiger partial charge in [-0.15, -0.1) is 10.2 Å². The molecule has 0 saturated heterocycles. The highest BCUT2D eigenvalue weighted by molar-refractivity contribution is 5.78. The predicted octanol–water partition coefficient (Wildman–Crippen LogP) is 2.73. The van der Waals surface area contributed by atoms with Crippen molar-refractivity contribution in [3.63, 3.8) is 0 Å². The van der Waals surface area contributed by atoms with Gasteiger partial charge in [-0.05, 0) is 60.8 Å². The summed E-state index contributed by atoms with van der Waals surface area (Å²) in [6.07, 6.45) is 7.79. The van der Waals surface area contributed by atoms with Crippen molar-refractivity contribution in [2.75, 3.05) is 0 Å². The van der Waals surface area contributed by atoms with E-state index in [1.807, 2.05) is 29.9 Å².